The minimum Gasteiger partial charge on any atom is -0.494 e. The number of benzene rings is 2. The first-order chi connectivity index (χ1) is 16.1. The van der Waals surface area contributed by atoms with E-state index in [0.29, 0.717) is 47.3 Å². The fraction of sp³-hybridized carbons (Fsp3) is 0.231. The summed E-state index contributed by atoms with van der Waals surface area (Å²) in [6.45, 7) is 5.05. The zero-order valence-electron chi connectivity index (χ0n) is 18.7. The summed E-state index contributed by atoms with van der Waals surface area (Å²) in [6, 6.07) is 18.0. The van der Waals surface area contributed by atoms with E-state index in [4.69, 9.17) is 13.9 Å². The van der Waals surface area contributed by atoms with Gasteiger partial charge in [-0.25, -0.2) is 0 Å². The number of hydrogen-bond acceptors (Lipinski definition) is 6. The Morgan fingerprint density at radius 3 is 2.39 bits per heavy atom. The molecule has 0 unspecified atom stereocenters. The molecule has 7 heteroatoms. The van der Waals surface area contributed by atoms with Gasteiger partial charge in [-0.2, -0.15) is 0 Å². The molecule has 7 nitrogen and oxygen atoms in total. The predicted molar refractivity (Wildman–Crippen MR) is 125 cm³/mol. The van der Waals surface area contributed by atoms with Crippen LogP contribution in [0.25, 0.3) is 5.57 Å². The van der Waals surface area contributed by atoms with Gasteiger partial charge in [0, 0.05) is 0 Å². The van der Waals surface area contributed by atoms with Gasteiger partial charge in [-0.15, -0.1) is 0 Å². The summed E-state index contributed by atoms with van der Waals surface area (Å²) in [4.78, 5) is 28.0. The number of carbonyl (C=O) groups excluding carboxylic acids is 2. The van der Waals surface area contributed by atoms with E-state index >= 15 is 0 Å². The fourth-order valence-corrected chi connectivity index (χ4v) is 3.59. The van der Waals surface area contributed by atoms with Gasteiger partial charge >= 0.3 is 0 Å². The summed E-state index contributed by atoms with van der Waals surface area (Å²) in [7, 11) is 0. The normalized spacial score (nSPS) is 13.6. The molecule has 0 saturated heterocycles. The Labute approximate surface area is 192 Å². The first kappa shape index (κ1) is 22.2. The van der Waals surface area contributed by atoms with E-state index in [0.717, 1.165) is 6.42 Å². The highest BCUT2D eigenvalue weighted by atomic mass is 16.5. The Kier molecular flexibility index (Phi) is 6.78. The maximum atomic E-state index is 13.4. The first-order valence-electron chi connectivity index (χ1n) is 11.0. The monoisotopic (exact) mass is 446 g/mol. The lowest BCUT2D eigenvalue weighted by molar-refractivity contribution is -0.137. The molecule has 170 valence electrons. The van der Waals surface area contributed by atoms with Crippen molar-refractivity contribution >= 4 is 23.1 Å². The number of ether oxygens (including phenoxy) is 2. The maximum absolute atomic E-state index is 13.4. The number of rotatable bonds is 10. The highest BCUT2D eigenvalue weighted by Gasteiger charge is 2.40. The number of para-hydroxylation sites is 2. The van der Waals surface area contributed by atoms with Crippen LogP contribution in [-0.2, 0) is 16.1 Å². The Balaban J connectivity index is 1.72. The third-order valence-corrected chi connectivity index (χ3v) is 5.12. The van der Waals surface area contributed by atoms with E-state index in [2.05, 4.69) is 5.32 Å². The van der Waals surface area contributed by atoms with E-state index in [1.54, 1.807) is 36.4 Å². The molecular weight excluding hydrogens is 420 g/mol. The van der Waals surface area contributed by atoms with Crippen molar-refractivity contribution in [3.05, 3.63) is 83.9 Å². The summed E-state index contributed by atoms with van der Waals surface area (Å²) >= 11 is 0. The average Bonchev–Trinajstić information content (AvgIpc) is 3.42. The quantitative estimate of drug-likeness (QED) is 0.448. The molecule has 0 bridgehead atoms. The second-order valence-corrected chi connectivity index (χ2v) is 7.45. The summed E-state index contributed by atoms with van der Waals surface area (Å²) < 4.78 is 16.7. The Hall–Kier alpha value is -4.00. The predicted octanol–water partition coefficient (Wildman–Crippen LogP) is 4.86. The third-order valence-electron chi connectivity index (χ3n) is 5.12. The van der Waals surface area contributed by atoms with Crippen molar-refractivity contribution < 1.29 is 23.5 Å². The number of imide groups is 1. The molecule has 0 radical (unpaired) electrons. The Bertz CT molecular complexity index is 1150. The fourth-order valence-electron chi connectivity index (χ4n) is 3.59. The number of furan rings is 1. The van der Waals surface area contributed by atoms with Crippen molar-refractivity contribution in [2.75, 3.05) is 18.5 Å². The molecule has 1 N–H and O–H groups in total. The van der Waals surface area contributed by atoms with Crippen LogP contribution >= 0.6 is 0 Å². The van der Waals surface area contributed by atoms with Crippen molar-refractivity contribution in [3.8, 4) is 11.5 Å². The van der Waals surface area contributed by atoms with Crippen LogP contribution in [0.1, 0.15) is 31.6 Å². The van der Waals surface area contributed by atoms with Gasteiger partial charge in [0.1, 0.15) is 23.0 Å². The number of anilines is 1. The highest BCUT2D eigenvalue weighted by Crippen LogP contribution is 2.34. The van der Waals surface area contributed by atoms with Crippen LogP contribution in [0, 0.1) is 0 Å². The van der Waals surface area contributed by atoms with Crippen molar-refractivity contribution in [1.82, 2.24) is 4.90 Å². The molecule has 3 aromatic rings. The molecule has 4 rings (SSSR count). The standard InChI is InChI=1S/C26H26N2O5/c1-3-15-32-19-13-11-18(12-14-19)23-24(27-21-9-5-6-10-22(21)31-4-2)26(30)28(25(23)29)17-20-8-7-16-33-20/h5-14,16,27H,3-4,15,17H2,1-2H3. The lowest BCUT2D eigenvalue weighted by Crippen LogP contribution is -2.31. The van der Waals surface area contributed by atoms with Gasteiger partial charge < -0.3 is 19.2 Å². The van der Waals surface area contributed by atoms with Gasteiger partial charge in [0.05, 0.1) is 37.3 Å². The topological polar surface area (TPSA) is 81.0 Å². The molecule has 0 spiro atoms. The molecule has 2 heterocycles. The molecule has 1 aromatic heterocycles. The minimum atomic E-state index is -0.427. The molecule has 0 saturated carbocycles. The molecule has 2 aromatic carbocycles. The van der Waals surface area contributed by atoms with Crippen molar-refractivity contribution in [2.45, 2.75) is 26.8 Å². The summed E-state index contributed by atoms with van der Waals surface area (Å²) in [6.07, 6.45) is 2.41. The number of hydrogen-bond donors (Lipinski definition) is 1. The molecule has 1 aliphatic rings. The zero-order chi connectivity index (χ0) is 23.2. The number of amides is 2. The van der Waals surface area contributed by atoms with Crippen LogP contribution in [0.2, 0.25) is 0 Å². The maximum Gasteiger partial charge on any atom is 0.278 e. The third kappa shape index (κ3) is 4.77. The number of nitrogens with one attached hydrogen (secondary N) is 1. The van der Waals surface area contributed by atoms with Crippen molar-refractivity contribution in [1.29, 1.82) is 0 Å². The second-order valence-electron chi connectivity index (χ2n) is 7.45. The van der Waals surface area contributed by atoms with Crippen LogP contribution in [0.3, 0.4) is 0 Å². The van der Waals surface area contributed by atoms with Crippen LogP contribution in [0.15, 0.2) is 77.0 Å². The Morgan fingerprint density at radius 1 is 0.909 bits per heavy atom. The summed E-state index contributed by atoms with van der Waals surface area (Å²) in [5.74, 6) is 1.01. The van der Waals surface area contributed by atoms with E-state index in [9.17, 15) is 9.59 Å². The molecule has 2 amide bonds. The summed E-state index contributed by atoms with van der Waals surface area (Å²) in [5.41, 5.74) is 1.71. The lowest BCUT2D eigenvalue weighted by atomic mass is 10.0. The largest absolute Gasteiger partial charge is 0.494 e. The van der Waals surface area contributed by atoms with Crippen LogP contribution < -0.4 is 14.8 Å². The van der Waals surface area contributed by atoms with Crippen LogP contribution in [0.5, 0.6) is 11.5 Å². The van der Waals surface area contributed by atoms with Crippen molar-refractivity contribution in [3.63, 3.8) is 0 Å². The first-order valence-corrected chi connectivity index (χ1v) is 11.0. The van der Waals surface area contributed by atoms with Crippen molar-refractivity contribution in [2.24, 2.45) is 0 Å². The van der Waals surface area contributed by atoms with Gasteiger partial charge in [0.2, 0.25) is 0 Å². The SMILES string of the molecule is CCCOc1ccc(C2=C(Nc3ccccc3OCC)C(=O)N(Cc3ccco3)C2=O)cc1. The molecule has 0 fully saturated rings. The highest BCUT2D eigenvalue weighted by molar-refractivity contribution is 6.36. The summed E-state index contributed by atoms with van der Waals surface area (Å²) in [5, 5.41) is 3.16. The van der Waals surface area contributed by atoms with Gasteiger partial charge in [-0.1, -0.05) is 31.2 Å². The Morgan fingerprint density at radius 2 is 1.70 bits per heavy atom. The van der Waals surface area contributed by atoms with Crippen LogP contribution in [0.4, 0.5) is 5.69 Å². The second kappa shape index (κ2) is 10.1. The van der Waals surface area contributed by atoms with Gasteiger partial charge in [0.15, 0.2) is 0 Å². The number of nitrogens with zero attached hydrogens (tertiary/aromatic N) is 1. The van der Waals surface area contributed by atoms with E-state index in [1.807, 2.05) is 38.1 Å². The van der Waals surface area contributed by atoms with E-state index in [1.165, 1.54) is 11.2 Å². The smallest absolute Gasteiger partial charge is 0.278 e. The molecule has 33 heavy (non-hydrogen) atoms. The molecular formula is C26H26N2O5. The number of carbonyl (C=O) groups is 2. The van der Waals surface area contributed by atoms with E-state index < -0.39 is 11.8 Å². The molecule has 0 atom stereocenters. The zero-order valence-corrected chi connectivity index (χ0v) is 18.7. The van der Waals surface area contributed by atoms with Gasteiger partial charge in [-0.05, 0) is 55.3 Å². The van der Waals surface area contributed by atoms with Gasteiger partial charge in [-0.3, -0.25) is 14.5 Å². The molecule has 1 aliphatic heterocycles. The van der Waals surface area contributed by atoms with Gasteiger partial charge in [0.25, 0.3) is 11.8 Å². The van der Waals surface area contributed by atoms with E-state index in [-0.39, 0.29) is 12.2 Å². The van der Waals surface area contributed by atoms with Crippen LogP contribution in [-0.4, -0.2) is 29.9 Å². The average molecular weight is 447 g/mol. The molecule has 0 aliphatic carbocycles. The lowest BCUT2D eigenvalue weighted by Gasteiger charge is -2.15. The minimum absolute atomic E-state index is 0.0458.